The van der Waals surface area contributed by atoms with E-state index in [1.807, 2.05) is 12.1 Å². The molecule has 2 atom stereocenters. The van der Waals surface area contributed by atoms with E-state index in [-0.39, 0.29) is 29.7 Å². The zero-order valence-electron chi connectivity index (χ0n) is 14.7. The number of carbonyl (C=O) groups excluding carboxylic acids is 3. The summed E-state index contributed by atoms with van der Waals surface area (Å²) in [5.41, 5.74) is 0.643. The normalized spacial score (nSPS) is 22.0. The Balaban J connectivity index is 1.56. The molecule has 0 aliphatic carbocycles. The second-order valence-electron chi connectivity index (χ2n) is 6.48. The van der Waals surface area contributed by atoms with Gasteiger partial charge in [0, 0.05) is 10.9 Å². The number of nitrogens with zero attached hydrogens (tertiary/aromatic N) is 1. The molecule has 1 saturated heterocycles. The molecule has 27 heavy (non-hydrogen) atoms. The third kappa shape index (κ3) is 4.81. The summed E-state index contributed by atoms with van der Waals surface area (Å²) in [4.78, 5) is 38.8. The number of hydrogen-bond acceptors (Lipinski definition) is 7. The summed E-state index contributed by atoms with van der Waals surface area (Å²) in [6, 6.07) is 6.80. The van der Waals surface area contributed by atoms with Gasteiger partial charge in [0.25, 0.3) is 5.91 Å². The largest absolute Gasteiger partial charge is 0.451 e. The van der Waals surface area contributed by atoms with Gasteiger partial charge in [0.1, 0.15) is 6.54 Å². The molecule has 1 fully saturated rings. The molecule has 146 valence electrons. The Bertz CT molecular complexity index is 870. The van der Waals surface area contributed by atoms with Crippen LogP contribution in [0, 0.1) is 0 Å². The minimum absolute atomic E-state index is 0.0423. The van der Waals surface area contributed by atoms with Crippen LogP contribution in [0.4, 0.5) is 5.69 Å². The number of thioether (sulfide) groups is 1. The number of benzene rings is 1. The van der Waals surface area contributed by atoms with Crippen molar-refractivity contribution in [2.75, 3.05) is 28.7 Å². The van der Waals surface area contributed by atoms with Gasteiger partial charge in [-0.25, -0.2) is 8.42 Å². The van der Waals surface area contributed by atoms with Gasteiger partial charge >= 0.3 is 5.97 Å². The number of rotatable bonds is 5. The second kappa shape index (κ2) is 7.89. The molecular formula is C17H20N2O6S2. The first kappa shape index (κ1) is 19.7. The Morgan fingerprint density at radius 1 is 1.37 bits per heavy atom. The predicted molar refractivity (Wildman–Crippen MR) is 100 cm³/mol. The zero-order valence-corrected chi connectivity index (χ0v) is 16.3. The van der Waals surface area contributed by atoms with Crippen LogP contribution < -0.4 is 10.2 Å². The molecule has 0 radical (unpaired) electrons. The molecule has 1 aromatic rings. The van der Waals surface area contributed by atoms with Gasteiger partial charge in [0.05, 0.1) is 22.9 Å². The first-order chi connectivity index (χ1) is 12.7. The van der Waals surface area contributed by atoms with Crippen LogP contribution in [0.2, 0.25) is 0 Å². The van der Waals surface area contributed by atoms with Crippen LogP contribution >= 0.6 is 11.8 Å². The van der Waals surface area contributed by atoms with Gasteiger partial charge in [0.2, 0.25) is 5.91 Å². The minimum atomic E-state index is -3.11. The smallest absolute Gasteiger partial charge is 0.326 e. The molecule has 10 heteroatoms. The van der Waals surface area contributed by atoms with Crippen LogP contribution in [-0.4, -0.2) is 62.2 Å². The molecule has 1 N–H and O–H groups in total. The maximum atomic E-state index is 12.2. The molecule has 0 bridgehead atoms. The topological polar surface area (TPSA) is 110 Å². The van der Waals surface area contributed by atoms with E-state index in [1.54, 1.807) is 12.1 Å². The van der Waals surface area contributed by atoms with E-state index in [0.29, 0.717) is 12.1 Å². The van der Waals surface area contributed by atoms with Gasteiger partial charge < -0.3 is 10.1 Å². The molecule has 2 aliphatic heterocycles. The summed E-state index contributed by atoms with van der Waals surface area (Å²) < 4.78 is 28.0. The van der Waals surface area contributed by atoms with E-state index in [0.717, 1.165) is 4.90 Å². The van der Waals surface area contributed by atoms with Crippen molar-refractivity contribution in [3.8, 4) is 0 Å². The van der Waals surface area contributed by atoms with Gasteiger partial charge in [-0.2, -0.15) is 0 Å². The molecule has 1 aromatic carbocycles. The lowest BCUT2D eigenvalue weighted by molar-refractivity contribution is -0.154. The van der Waals surface area contributed by atoms with Crippen molar-refractivity contribution in [2.24, 2.45) is 0 Å². The number of para-hydroxylation sites is 1. The van der Waals surface area contributed by atoms with Crippen molar-refractivity contribution in [2.45, 2.75) is 30.4 Å². The van der Waals surface area contributed by atoms with Gasteiger partial charge in [-0.15, -0.1) is 11.8 Å². The Morgan fingerprint density at radius 3 is 2.81 bits per heavy atom. The highest BCUT2D eigenvalue weighted by Crippen LogP contribution is 2.34. The van der Waals surface area contributed by atoms with Gasteiger partial charge in [-0.1, -0.05) is 12.1 Å². The molecule has 0 unspecified atom stereocenters. The molecule has 2 aliphatic rings. The zero-order chi connectivity index (χ0) is 19.6. The SMILES string of the molecule is C[C@@H](OC(=O)CN1C(=O)CSc2ccccc21)C(=O)N[C@H]1CCS(=O)(=O)C1. The molecule has 0 saturated carbocycles. The minimum Gasteiger partial charge on any atom is -0.451 e. The number of carbonyl (C=O) groups is 3. The number of fused-ring (bicyclic) bond motifs is 1. The summed E-state index contributed by atoms with van der Waals surface area (Å²) in [5.74, 6) is -1.28. The number of hydrogen-bond donors (Lipinski definition) is 1. The van der Waals surface area contributed by atoms with Crippen LogP contribution in [0.5, 0.6) is 0 Å². The summed E-state index contributed by atoms with van der Waals surface area (Å²) in [6.45, 7) is 1.13. The Kier molecular flexibility index (Phi) is 5.75. The fourth-order valence-electron chi connectivity index (χ4n) is 2.97. The van der Waals surface area contributed by atoms with E-state index in [4.69, 9.17) is 4.74 Å². The van der Waals surface area contributed by atoms with Gasteiger partial charge in [0.15, 0.2) is 15.9 Å². The third-order valence-electron chi connectivity index (χ3n) is 4.35. The quantitative estimate of drug-likeness (QED) is 0.696. The summed E-state index contributed by atoms with van der Waals surface area (Å²) in [5, 5.41) is 2.59. The monoisotopic (exact) mass is 412 g/mol. The van der Waals surface area contributed by atoms with Crippen molar-refractivity contribution < 1.29 is 27.5 Å². The van der Waals surface area contributed by atoms with Crippen molar-refractivity contribution in [1.82, 2.24) is 5.32 Å². The fraction of sp³-hybridized carbons (Fsp3) is 0.471. The Morgan fingerprint density at radius 2 is 2.11 bits per heavy atom. The highest BCUT2D eigenvalue weighted by Gasteiger charge is 2.32. The number of nitrogens with one attached hydrogen (secondary N) is 1. The number of ether oxygens (including phenoxy) is 1. The first-order valence-corrected chi connectivity index (χ1v) is 11.3. The number of anilines is 1. The Labute approximate surface area is 161 Å². The maximum absolute atomic E-state index is 12.2. The highest BCUT2D eigenvalue weighted by molar-refractivity contribution is 8.00. The van der Waals surface area contributed by atoms with E-state index >= 15 is 0 Å². The van der Waals surface area contributed by atoms with E-state index in [9.17, 15) is 22.8 Å². The number of sulfone groups is 1. The standard InChI is InChI=1S/C17H20N2O6S2/c1-11(17(22)18-12-6-7-27(23,24)10-12)25-16(21)8-19-13-4-2-3-5-14(13)26-9-15(19)20/h2-5,11-12H,6-10H2,1H3,(H,18,22)/t11-,12+/m1/s1. The molecule has 3 rings (SSSR count). The molecular weight excluding hydrogens is 392 g/mol. The van der Waals surface area contributed by atoms with Crippen LogP contribution in [0.25, 0.3) is 0 Å². The highest BCUT2D eigenvalue weighted by atomic mass is 32.2. The average Bonchev–Trinajstić information content (AvgIpc) is 2.95. The lowest BCUT2D eigenvalue weighted by atomic mass is 10.2. The van der Waals surface area contributed by atoms with Crippen molar-refractivity contribution in [3.63, 3.8) is 0 Å². The summed E-state index contributed by atoms with van der Waals surface area (Å²) in [7, 11) is -3.11. The fourth-order valence-corrected chi connectivity index (χ4v) is 5.58. The molecule has 0 spiro atoms. The van der Waals surface area contributed by atoms with Crippen molar-refractivity contribution in [3.05, 3.63) is 24.3 Å². The number of esters is 1. The molecule has 2 heterocycles. The Hall–Kier alpha value is -2.07. The lowest BCUT2D eigenvalue weighted by Crippen LogP contribution is -2.45. The summed E-state index contributed by atoms with van der Waals surface area (Å²) in [6.07, 6.45) is -0.726. The second-order valence-corrected chi connectivity index (χ2v) is 9.72. The number of amides is 2. The average molecular weight is 412 g/mol. The van der Waals surface area contributed by atoms with Crippen LogP contribution in [-0.2, 0) is 29.0 Å². The molecule has 8 nitrogen and oxygen atoms in total. The predicted octanol–water partition coefficient (Wildman–Crippen LogP) is 0.360. The van der Waals surface area contributed by atoms with Gasteiger partial charge in [-0.05, 0) is 25.5 Å². The third-order valence-corrected chi connectivity index (χ3v) is 7.17. The molecule has 0 aromatic heterocycles. The van der Waals surface area contributed by atoms with Gasteiger partial charge in [-0.3, -0.25) is 19.3 Å². The van der Waals surface area contributed by atoms with Crippen LogP contribution in [0.3, 0.4) is 0 Å². The van der Waals surface area contributed by atoms with Crippen LogP contribution in [0.15, 0.2) is 29.2 Å². The maximum Gasteiger partial charge on any atom is 0.326 e. The first-order valence-electron chi connectivity index (χ1n) is 8.47. The van der Waals surface area contributed by atoms with E-state index in [2.05, 4.69) is 5.32 Å². The van der Waals surface area contributed by atoms with Crippen molar-refractivity contribution >= 4 is 45.1 Å². The van der Waals surface area contributed by atoms with Crippen molar-refractivity contribution in [1.29, 1.82) is 0 Å². The van der Waals surface area contributed by atoms with E-state index < -0.39 is 33.9 Å². The lowest BCUT2D eigenvalue weighted by Gasteiger charge is -2.28. The summed E-state index contributed by atoms with van der Waals surface area (Å²) >= 11 is 1.41. The van der Waals surface area contributed by atoms with Crippen LogP contribution in [0.1, 0.15) is 13.3 Å². The molecule has 2 amide bonds. The van der Waals surface area contributed by atoms with E-state index in [1.165, 1.54) is 23.6 Å².